The van der Waals surface area contributed by atoms with E-state index in [1.165, 1.54) is 27.8 Å². The van der Waals surface area contributed by atoms with Gasteiger partial charge in [0, 0.05) is 35.3 Å². The van der Waals surface area contributed by atoms with Gasteiger partial charge in [-0.2, -0.15) is 0 Å². The molecule has 2 aromatic carbocycles. The minimum absolute atomic E-state index is 0.0229. The Kier molecular flexibility index (Phi) is 3.78. The second-order valence-electron chi connectivity index (χ2n) is 5.65. The Bertz CT molecular complexity index is 1060. The SMILES string of the molecule is CCN(Cc1cc(=O)n2ccsc2n1)c1cccc2ccccc12. The fraction of sp³-hybridized carbons (Fsp3) is 0.158. The molecule has 0 aliphatic heterocycles. The lowest BCUT2D eigenvalue weighted by Crippen LogP contribution is -2.24. The van der Waals surface area contributed by atoms with Crippen LogP contribution < -0.4 is 10.5 Å². The first-order valence-electron chi connectivity index (χ1n) is 7.95. The van der Waals surface area contributed by atoms with Crippen LogP contribution in [0.4, 0.5) is 5.69 Å². The maximum atomic E-state index is 12.2. The molecule has 0 amide bonds. The van der Waals surface area contributed by atoms with Crippen LogP contribution in [0.2, 0.25) is 0 Å². The fourth-order valence-electron chi connectivity index (χ4n) is 3.02. The standard InChI is InChI=1S/C19H17N3OS/c1-2-21(17-9-5-7-14-6-3-4-8-16(14)17)13-15-12-18(23)22-10-11-24-19(22)20-15/h3-12H,2,13H2,1H3. The van der Waals surface area contributed by atoms with Crippen molar-refractivity contribution < 1.29 is 0 Å². The predicted octanol–water partition coefficient (Wildman–Crippen LogP) is 3.94. The average Bonchev–Trinajstić information content (AvgIpc) is 3.08. The van der Waals surface area contributed by atoms with Crippen molar-refractivity contribution in [2.75, 3.05) is 11.4 Å². The molecule has 24 heavy (non-hydrogen) atoms. The Morgan fingerprint density at radius 1 is 1.17 bits per heavy atom. The molecule has 0 spiro atoms. The largest absolute Gasteiger partial charge is 0.365 e. The molecule has 0 radical (unpaired) electrons. The summed E-state index contributed by atoms with van der Waals surface area (Å²) in [6.07, 6.45) is 1.77. The molecule has 4 rings (SSSR count). The molecule has 0 bridgehead atoms. The van der Waals surface area contributed by atoms with E-state index in [-0.39, 0.29) is 5.56 Å². The van der Waals surface area contributed by atoms with Crippen molar-refractivity contribution in [1.82, 2.24) is 9.38 Å². The van der Waals surface area contributed by atoms with Crippen LogP contribution in [0.1, 0.15) is 12.6 Å². The number of aromatic nitrogens is 2. The fourth-order valence-corrected chi connectivity index (χ4v) is 3.75. The lowest BCUT2D eigenvalue weighted by atomic mass is 10.1. The van der Waals surface area contributed by atoms with E-state index in [2.05, 4.69) is 59.3 Å². The maximum Gasteiger partial charge on any atom is 0.258 e. The van der Waals surface area contributed by atoms with E-state index in [1.54, 1.807) is 16.7 Å². The van der Waals surface area contributed by atoms with E-state index in [0.29, 0.717) is 6.54 Å². The lowest BCUT2D eigenvalue weighted by Gasteiger charge is -2.24. The lowest BCUT2D eigenvalue weighted by molar-refractivity contribution is 0.809. The van der Waals surface area contributed by atoms with Crippen LogP contribution in [0.15, 0.2) is 64.9 Å². The molecule has 5 heteroatoms. The predicted molar refractivity (Wildman–Crippen MR) is 100 cm³/mol. The number of hydrogen-bond donors (Lipinski definition) is 0. The number of rotatable bonds is 4. The number of hydrogen-bond acceptors (Lipinski definition) is 4. The third kappa shape index (κ3) is 2.57. The molecule has 0 saturated heterocycles. The summed E-state index contributed by atoms with van der Waals surface area (Å²) in [4.78, 5) is 19.8. The Labute approximate surface area is 143 Å². The van der Waals surface area contributed by atoms with Crippen LogP contribution >= 0.6 is 11.3 Å². The molecule has 0 aliphatic rings. The van der Waals surface area contributed by atoms with Crippen molar-refractivity contribution in [3.8, 4) is 0 Å². The first kappa shape index (κ1) is 14.9. The molecule has 0 aliphatic carbocycles. The van der Waals surface area contributed by atoms with Crippen LogP contribution in [0.25, 0.3) is 15.7 Å². The van der Waals surface area contributed by atoms with Crippen LogP contribution in [0.3, 0.4) is 0 Å². The highest BCUT2D eigenvalue weighted by Gasteiger charge is 2.11. The first-order chi connectivity index (χ1) is 11.8. The van der Waals surface area contributed by atoms with Gasteiger partial charge in [-0.05, 0) is 18.4 Å². The quantitative estimate of drug-likeness (QED) is 0.567. The van der Waals surface area contributed by atoms with Gasteiger partial charge in [0.05, 0.1) is 12.2 Å². The molecule has 0 atom stereocenters. The summed E-state index contributed by atoms with van der Waals surface area (Å²) < 4.78 is 1.59. The molecular formula is C19H17N3OS. The van der Waals surface area contributed by atoms with E-state index in [0.717, 1.165) is 17.2 Å². The summed E-state index contributed by atoms with van der Waals surface area (Å²) in [6, 6.07) is 16.3. The monoisotopic (exact) mass is 335 g/mol. The van der Waals surface area contributed by atoms with Gasteiger partial charge in [-0.25, -0.2) is 4.98 Å². The Morgan fingerprint density at radius 2 is 2.00 bits per heavy atom. The van der Waals surface area contributed by atoms with Gasteiger partial charge in [-0.15, -0.1) is 11.3 Å². The van der Waals surface area contributed by atoms with Crippen LogP contribution in [0.5, 0.6) is 0 Å². The Balaban J connectivity index is 1.76. The Hall–Kier alpha value is -2.66. The maximum absolute atomic E-state index is 12.2. The van der Waals surface area contributed by atoms with Crippen molar-refractivity contribution in [2.24, 2.45) is 0 Å². The topological polar surface area (TPSA) is 37.6 Å². The minimum Gasteiger partial charge on any atom is -0.365 e. The average molecular weight is 335 g/mol. The molecule has 2 aromatic heterocycles. The summed E-state index contributed by atoms with van der Waals surface area (Å²) >= 11 is 1.48. The zero-order valence-corrected chi connectivity index (χ0v) is 14.2. The number of anilines is 1. The van der Waals surface area contributed by atoms with E-state index in [1.807, 2.05) is 5.38 Å². The van der Waals surface area contributed by atoms with E-state index in [4.69, 9.17) is 0 Å². The molecule has 120 valence electrons. The highest BCUT2D eigenvalue weighted by atomic mass is 32.1. The molecule has 4 aromatic rings. The molecule has 0 unspecified atom stereocenters. The zero-order chi connectivity index (χ0) is 16.5. The van der Waals surface area contributed by atoms with Gasteiger partial charge < -0.3 is 4.90 Å². The highest BCUT2D eigenvalue weighted by molar-refractivity contribution is 7.15. The van der Waals surface area contributed by atoms with E-state index < -0.39 is 0 Å². The second-order valence-corrected chi connectivity index (χ2v) is 6.53. The van der Waals surface area contributed by atoms with Gasteiger partial charge >= 0.3 is 0 Å². The molecule has 4 nitrogen and oxygen atoms in total. The molecule has 0 N–H and O–H groups in total. The van der Waals surface area contributed by atoms with Gasteiger partial charge in [-0.3, -0.25) is 9.20 Å². The van der Waals surface area contributed by atoms with Crippen LogP contribution in [0, 0.1) is 0 Å². The third-order valence-corrected chi connectivity index (χ3v) is 4.95. The molecule has 2 heterocycles. The van der Waals surface area contributed by atoms with Gasteiger partial charge in [0.2, 0.25) is 0 Å². The first-order valence-corrected chi connectivity index (χ1v) is 8.83. The van der Waals surface area contributed by atoms with E-state index >= 15 is 0 Å². The normalized spacial score (nSPS) is 11.2. The van der Waals surface area contributed by atoms with Gasteiger partial charge in [0.25, 0.3) is 5.56 Å². The van der Waals surface area contributed by atoms with Gasteiger partial charge in [0.1, 0.15) is 0 Å². The van der Waals surface area contributed by atoms with Crippen molar-refractivity contribution in [1.29, 1.82) is 0 Å². The summed E-state index contributed by atoms with van der Waals surface area (Å²) in [5, 5.41) is 4.32. The van der Waals surface area contributed by atoms with E-state index in [9.17, 15) is 4.79 Å². The number of fused-ring (bicyclic) bond motifs is 2. The summed E-state index contributed by atoms with van der Waals surface area (Å²) in [7, 11) is 0. The van der Waals surface area contributed by atoms with Crippen molar-refractivity contribution in [3.05, 3.63) is 76.2 Å². The van der Waals surface area contributed by atoms with Crippen LogP contribution in [-0.2, 0) is 6.54 Å². The molecule has 0 fully saturated rings. The summed E-state index contributed by atoms with van der Waals surface area (Å²) in [5.41, 5.74) is 1.95. The second kappa shape index (κ2) is 6.09. The van der Waals surface area contributed by atoms with Crippen LogP contribution in [-0.4, -0.2) is 15.9 Å². The summed E-state index contributed by atoms with van der Waals surface area (Å²) in [5.74, 6) is 0. The minimum atomic E-state index is -0.0229. The third-order valence-electron chi connectivity index (χ3n) is 4.20. The zero-order valence-electron chi connectivity index (χ0n) is 13.3. The number of benzene rings is 2. The van der Waals surface area contributed by atoms with Crippen molar-refractivity contribution >= 4 is 32.8 Å². The highest BCUT2D eigenvalue weighted by Crippen LogP contribution is 2.27. The number of thiazole rings is 1. The smallest absolute Gasteiger partial charge is 0.258 e. The van der Waals surface area contributed by atoms with Gasteiger partial charge in [-0.1, -0.05) is 36.4 Å². The Morgan fingerprint density at radius 3 is 2.88 bits per heavy atom. The molecular weight excluding hydrogens is 318 g/mol. The van der Waals surface area contributed by atoms with Crippen molar-refractivity contribution in [3.63, 3.8) is 0 Å². The van der Waals surface area contributed by atoms with Crippen molar-refractivity contribution in [2.45, 2.75) is 13.5 Å². The van der Waals surface area contributed by atoms with Gasteiger partial charge in [0.15, 0.2) is 4.96 Å². The molecule has 0 saturated carbocycles. The number of nitrogens with zero attached hydrogens (tertiary/aromatic N) is 3. The summed E-state index contributed by atoms with van der Waals surface area (Å²) in [6.45, 7) is 3.59.